The minimum Gasteiger partial charge on any atom is -0.464 e. The number of ether oxygens (including phenoxy) is 1. The van der Waals surface area contributed by atoms with E-state index in [0.29, 0.717) is 22.9 Å². The molecule has 0 spiro atoms. The lowest BCUT2D eigenvalue weighted by Crippen LogP contribution is -2.12. The molecular weight excluding hydrogens is 318 g/mol. The van der Waals surface area contributed by atoms with Crippen LogP contribution >= 0.6 is 0 Å². The Morgan fingerprint density at radius 2 is 2.00 bits per heavy atom. The van der Waals surface area contributed by atoms with Gasteiger partial charge in [0.05, 0.1) is 29.2 Å². The summed E-state index contributed by atoms with van der Waals surface area (Å²) in [5.41, 5.74) is 3.56. The van der Waals surface area contributed by atoms with Crippen LogP contribution in [0.1, 0.15) is 11.3 Å². The second-order valence-corrected chi connectivity index (χ2v) is 5.72. The van der Waals surface area contributed by atoms with Gasteiger partial charge >= 0.3 is 0 Å². The van der Waals surface area contributed by atoms with Gasteiger partial charge in [-0.1, -0.05) is 6.07 Å². The third-order valence-corrected chi connectivity index (χ3v) is 4.07. The van der Waals surface area contributed by atoms with Crippen molar-refractivity contribution in [3.63, 3.8) is 0 Å². The van der Waals surface area contributed by atoms with Crippen LogP contribution in [0.2, 0.25) is 0 Å². The van der Waals surface area contributed by atoms with Crippen LogP contribution in [0.5, 0.6) is 11.6 Å². The molecule has 4 aromatic rings. The van der Waals surface area contributed by atoms with Crippen molar-refractivity contribution in [2.45, 2.75) is 13.8 Å². The van der Waals surface area contributed by atoms with Crippen molar-refractivity contribution >= 4 is 11.0 Å². The topological polar surface area (TPSA) is 81.0 Å². The Kier molecular flexibility index (Phi) is 3.57. The zero-order chi connectivity index (χ0) is 17.4. The van der Waals surface area contributed by atoms with E-state index in [9.17, 15) is 4.79 Å². The van der Waals surface area contributed by atoms with Crippen molar-refractivity contribution < 1.29 is 9.15 Å². The highest BCUT2D eigenvalue weighted by molar-refractivity contribution is 5.82. The fraction of sp³-hybridized carbons (Fsp3) is 0.105. The largest absolute Gasteiger partial charge is 0.464 e. The summed E-state index contributed by atoms with van der Waals surface area (Å²) in [6, 6.07) is 9.15. The van der Waals surface area contributed by atoms with Gasteiger partial charge < -0.3 is 14.1 Å². The maximum Gasteiger partial charge on any atom is 0.258 e. The van der Waals surface area contributed by atoms with E-state index in [1.807, 2.05) is 38.1 Å². The number of H-pyrrole nitrogens is 1. The Balaban J connectivity index is 1.73. The predicted molar refractivity (Wildman–Crippen MR) is 93.9 cm³/mol. The third kappa shape index (κ3) is 2.67. The van der Waals surface area contributed by atoms with Crippen LogP contribution in [0.25, 0.3) is 22.1 Å². The fourth-order valence-electron chi connectivity index (χ4n) is 2.85. The number of hydrogen-bond acceptors (Lipinski definition) is 5. The standard InChI is InChI=1S/C19H15N3O3/c1-11-9-13(25-19-15-6-8-24-16(15)5-7-20-19)3-4-14(11)17-12(2)21-10-22-18(17)23/h3-10H,1-2H3,(H,21,22,23). The molecule has 0 amide bonds. The van der Waals surface area contributed by atoms with Crippen molar-refractivity contribution in [2.24, 2.45) is 0 Å². The van der Waals surface area contributed by atoms with E-state index in [2.05, 4.69) is 15.0 Å². The van der Waals surface area contributed by atoms with Crippen LogP contribution < -0.4 is 10.3 Å². The van der Waals surface area contributed by atoms with Gasteiger partial charge in [0, 0.05) is 6.20 Å². The lowest BCUT2D eigenvalue weighted by atomic mass is 10.0. The molecule has 3 heterocycles. The lowest BCUT2D eigenvalue weighted by Gasteiger charge is -2.10. The van der Waals surface area contributed by atoms with Crippen LogP contribution in [0, 0.1) is 13.8 Å². The molecule has 0 saturated heterocycles. The highest BCUT2D eigenvalue weighted by Crippen LogP contribution is 2.31. The highest BCUT2D eigenvalue weighted by Gasteiger charge is 2.13. The fourth-order valence-corrected chi connectivity index (χ4v) is 2.85. The minimum atomic E-state index is -0.158. The van der Waals surface area contributed by atoms with Gasteiger partial charge in [0.1, 0.15) is 11.3 Å². The number of aromatic amines is 1. The monoisotopic (exact) mass is 333 g/mol. The Morgan fingerprint density at radius 1 is 1.12 bits per heavy atom. The van der Waals surface area contributed by atoms with Crippen molar-refractivity contribution in [2.75, 3.05) is 0 Å². The van der Waals surface area contributed by atoms with Crippen LogP contribution in [-0.4, -0.2) is 15.0 Å². The first-order chi connectivity index (χ1) is 12.1. The zero-order valence-corrected chi connectivity index (χ0v) is 13.7. The molecule has 0 fully saturated rings. The van der Waals surface area contributed by atoms with Gasteiger partial charge in [-0.3, -0.25) is 4.79 Å². The zero-order valence-electron chi connectivity index (χ0n) is 13.7. The molecule has 25 heavy (non-hydrogen) atoms. The van der Waals surface area contributed by atoms with E-state index in [-0.39, 0.29) is 5.56 Å². The normalized spacial score (nSPS) is 11.0. The van der Waals surface area contributed by atoms with E-state index in [0.717, 1.165) is 22.1 Å². The average molecular weight is 333 g/mol. The SMILES string of the molecule is Cc1cc(Oc2nccc3occc23)ccc1-c1c(C)nc[nH]c1=O. The van der Waals surface area contributed by atoms with Crippen molar-refractivity contribution in [1.82, 2.24) is 15.0 Å². The number of fused-ring (bicyclic) bond motifs is 1. The smallest absolute Gasteiger partial charge is 0.258 e. The maximum absolute atomic E-state index is 12.1. The molecule has 0 unspecified atom stereocenters. The van der Waals surface area contributed by atoms with Crippen molar-refractivity contribution in [3.05, 3.63) is 70.7 Å². The van der Waals surface area contributed by atoms with Crippen LogP contribution in [0.15, 0.2) is 58.3 Å². The van der Waals surface area contributed by atoms with Gasteiger partial charge in [-0.05, 0) is 49.2 Å². The maximum atomic E-state index is 12.1. The molecule has 0 aliphatic heterocycles. The Bertz CT molecular complexity index is 1130. The van der Waals surface area contributed by atoms with Crippen LogP contribution in [0.4, 0.5) is 0 Å². The molecule has 1 aromatic carbocycles. The first-order valence-corrected chi connectivity index (χ1v) is 7.79. The molecule has 0 saturated carbocycles. The number of hydrogen-bond donors (Lipinski definition) is 1. The molecule has 0 atom stereocenters. The van der Waals surface area contributed by atoms with E-state index in [4.69, 9.17) is 9.15 Å². The third-order valence-electron chi connectivity index (χ3n) is 4.07. The number of furan rings is 1. The summed E-state index contributed by atoms with van der Waals surface area (Å²) in [7, 11) is 0. The summed E-state index contributed by atoms with van der Waals surface area (Å²) in [6.07, 6.45) is 4.65. The number of nitrogens with zero attached hydrogens (tertiary/aromatic N) is 2. The number of rotatable bonds is 3. The van der Waals surface area contributed by atoms with Crippen LogP contribution in [0.3, 0.4) is 0 Å². The van der Waals surface area contributed by atoms with E-state index >= 15 is 0 Å². The van der Waals surface area contributed by atoms with Gasteiger partial charge in [0.25, 0.3) is 5.56 Å². The first-order valence-electron chi connectivity index (χ1n) is 7.79. The average Bonchev–Trinajstić information content (AvgIpc) is 3.06. The first kappa shape index (κ1) is 15.1. The summed E-state index contributed by atoms with van der Waals surface area (Å²) >= 11 is 0. The van der Waals surface area contributed by atoms with Gasteiger partial charge in [0.15, 0.2) is 0 Å². The predicted octanol–water partition coefficient (Wildman–Crippen LogP) is 3.99. The van der Waals surface area contributed by atoms with Crippen molar-refractivity contribution in [3.8, 4) is 22.8 Å². The summed E-state index contributed by atoms with van der Waals surface area (Å²) in [6.45, 7) is 3.75. The summed E-state index contributed by atoms with van der Waals surface area (Å²) < 4.78 is 11.3. The van der Waals surface area contributed by atoms with Gasteiger partial charge in [-0.2, -0.15) is 0 Å². The molecule has 1 N–H and O–H groups in total. The molecule has 0 aliphatic rings. The second-order valence-electron chi connectivity index (χ2n) is 5.72. The van der Waals surface area contributed by atoms with Crippen LogP contribution in [-0.2, 0) is 0 Å². The Hall–Kier alpha value is -3.41. The lowest BCUT2D eigenvalue weighted by molar-refractivity contribution is 0.468. The van der Waals surface area contributed by atoms with E-state index in [1.165, 1.54) is 6.33 Å². The molecule has 4 rings (SSSR count). The summed E-state index contributed by atoms with van der Waals surface area (Å²) in [5.74, 6) is 1.12. The van der Waals surface area contributed by atoms with Crippen molar-refractivity contribution in [1.29, 1.82) is 0 Å². The molecule has 0 radical (unpaired) electrons. The molecule has 0 aliphatic carbocycles. The van der Waals surface area contributed by atoms with Gasteiger partial charge in [-0.15, -0.1) is 0 Å². The summed E-state index contributed by atoms with van der Waals surface area (Å²) in [4.78, 5) is 23.2. The van der Waals surface area contributed by atoms with E-state index in [1.54, 1.807) is 18.5 Å². The number of aryl methyl sites for hydroxylation is 2. The second kappa shape index (κ2) is 5.90. The highest BCUT2D eigenvalue weighted by atomic mass is 16.5. The minimum absolute atomic E-state index is 0.158. The Labute approximate surface area is 143 Å². The van der Waals surface area contributed by atoms with Gasteiger partial charge in [0.2, 0.25) is 5.88 Å². The molecule has 6 nitrogen and oxygen atoms in total. The molecular formula is C19H15N3O3. The summed E-state index contributed by atoms with van der Waals surface area (Å²) in [5, 5.41) is 0.809. The number of nitrogens with one attached hydrogen (secondary N) is 1. The van der Waals surface area contributed by atoms with E-state index < -0.39 is 0 Å². The molecule has 6 heteroatoms. The molecule has 3 aromatic heterocycles. The number of aromatic nitrogens is 3. The number of benzene rings is 1. The molecule has 124 valence electrons. The Morgan fingerprint density at radius 3 is 2.80 bits per heavy atom. The number of pyridine rings is 1. The molecule has 0 bridgehead atoms. The quantitative estimate of drug-likeness (QED) is 0.613. The van der Waals surface area contributed by atoms with Gasteiger partial charge in [-0.25, -0.2) is 9.97 Å².